The number of carbonyl (C=O) groups excluding carboxylic acids is 2. The van der Waals surface area contributed by atoms with Crippen LogP contribution in [0.25, 0.3) is 0 Å². The van der Waals surface area contributed by atoms with Gasteiger partial charge in [-0.15, -0.1) is 0 Å². The molecule has 2 heterocycles. The van der Waals surface area contributed by atoms with Crippen LogP contribution in [0.3, 0.4) is 0 Å². The van der Waals surface area contributed by atoms with E-state index in [4.69, 9.17) is 4.74 Å². The summed E-state index contributed by atoms with van der Waals surface area (Å²) in [7, 11) is 3.42. The monoisotopic (exact) mass is 356 g/mol. The molecule has 0 aliphatic carbocycles. The number of likely N-dealkylation sites (tertiary alicyclic amines) is 1. The van der Waals surface area contributed by atoms with Crippen LogP contribution in [0.15, 0.2) is 36.5 Å². The first-order valence-electron chi connectivity index (χ1n) is 8.80. The molecule has 138 valence electrons. The minimum Gasteiger partial charge on any atom is -0.497 e. The fraction of sp³-hybridized carbons (Fsp3) is 0.421. The number of nitrogens with one attached hydrogen (secondary N) is 1. The summed E-state index contributed by atoms with van der Waals surface area (Å²) in [5.41, 5.74) is 1.12. The minimum absolute atomic E-state index is 0.0257. The fourth-order valence-electron chi connectivity index (χ4n) is 3.34. The van der Waals surface area contributed by atoms with E-state index >= 15 is 0 Å². The Morgan fingerprint density at radius 2 is 2.12 bits per heavy atom. The van der Waals surface area contributed by atoms with Gasteiger partial charge in [0.2, 0.25) is 0 Å². The normalized spacial score (nSPS) is 17.5. The van der Waals surface area contributed by atoms with Gasteiger partial charge in [0.05, 0.1) is 7.11 Å². The zero-order chi connectivity index (χ0) is 18.5. The van der Waals surface area contributed by atoms with Crippen LogP contribution in [0.5, 0.6) is 5.75 Å². The maximum atomic E-state index is 12.8. The number of hydrogen-bond donors (Lipinski definition) is 1. The average molecular weight is 356 g/mol. The largest absolute Gasteiger partial charge is 0.497 e. The maximum absolute atomic E-state index is 12.8. The molecule has 0 radical (unpaired) electrons. The third-order valence-electron chi connectivity index (χ3n) is 4.90. The van der Waals surface area contributed by atoms with Crippen LogP contribution in [0.2, 0.25) is 0 Å². The molecule has 1 aliphatic heterocycles. The SMILES string of the molecule is COc1cccc(C(=O)N(C)[C@H]2CCCN(C(=O)c3ccn[nH]3)CC2)c1. The molecule has 1 fully saturated rings. The molecule has 0 spiro atoms. The molecule has 0 unspecified atom stereocenters. The van der Waals surface area contributed by atoms with E-state index in [1.165, 1.54) is 0 Å². The molecule has 1 saturated heterocycles. The second kappa shape index (κ2) is 8.03. The Morgan fingerprint density at radius 1 is 1.27 bits per heavy atom. The van der Waals surface area contributed by atoms with Crippen LogP contribution in [-0.4, -0.2) is 65.1 Å². The molecular formula is C19H24N4O3. The lowest BCUT2D eigenvalue weighted by molar-refractivity contribution is 0.0708. The summed E-state index contributed by atoms with van der Waals surface area (Å²) in [6, 6.07) is 8.98. The number of aromatic nitrogens is 2. The highest BCUT2D eigenvalue weighted by molar-refractivity contribution is 5.94. The van der Waals surface area contributed by atoms with Gasteiger partial charge in [-0.25, -0.2) is 0 Å². The highest BCUT2D eigenvalue weighted by Crippen LogP contribution is 2.20. The molecule has 1 atom stereocenters. The Hall–Kier alpha value is -2.83. The van der Waals surface area contributed by atoms with Gasteiger partial charge in [-0.05, 0) is 43.5 Å². The molecule has 1 aromatic heterocycles. The second-order valence-electron chi connectivity index (χ2n) is 6.50. The van der Waals surface area contributed by atoms with Crippen molar-refractivity contribution in [1.82, 2.24) is 20.0 Å². The molecule has 1 aromatic carbocycles. The number of aromatic amines is 1. The lowest BCUT2D eigenvalue weighted by Gasteiger charge is -2.27. The van der Waals surface area contributed by atoms with E-state index in [9.17, 15) is 9.59 Å². The third-order valence-corrected chi connectivity index (χ3v) is 4.90. The summed E-state index contributed by atoms with van der Waals surface area (Å²) >= 11 is 0. The number of benzene rings is 1. The zero-order valence-corrected chi connectivity index (χ0v) is 15.1. The van der Waals surface area contributed by atoms with Crippen molar-refractivity contribution in [2.45, 2.75) is 25.3 Å². The zero-order valence-electron chi connectivity index (χ0n) is 15.1. The van der Waals surface area contributed by atoms with Crippen LogP contribution in [0.4, 0.5) is 0 Å². The summed E-state index contributed by atoms with van der Waals surface area (Å²) in [4.78, 5) is 28.9. The lowest BCUT2D eigenvalue weighted by atomic mass is 10.1. The maximum Gasteiger partial charge on any atom is 0.271 e. The van der Waals surface area contributed by atoms with Gasteiger partial charge >= 0.3 is 0 Å². The quantitative estimate of drug-likeness (QED) is 0.911. The van der Waals surface area contributed by atoms with Gasteiger partial charge in [-0.3, -0.25) is 14.7 Å². The molecule has 0 saturated carbocycles. The molecule has 26 heavy (non-hydrogen) atoms. The number of rotatable bonds is 4. The molecule has 7 nitrogen and oxygen atoms in total. The molecule has 3 rings (SSSR count). The first-order chi connectivity index (χ1) is 12.6. The van der Waals surface area contributed by atoms with Gasteiger partial charge in [-0.2, -0.15) is 5.10 Å². The topological polar surface area (TPSA) is 78.5 Å². The summed E-state index contributed by atoms with van der Waals surface area (Å²) < 4.78 is 5.20. The second-order valence-corrected chi connectivity index (χ2v) is 6.50. The van der Waals surface area contributed by atoms with Crippen molar-refractivity contribution in [3.63, 3.8) is 0 Å². The number of carbonyl (C=O) groups is 2. The van der Waals surface area contributed by atoms with E-state index in [1.54, 1.807) is 36.4 Å². The first kappa shape index (κ1) is 18.0. The standard InChI is InChI=1S/C19H24N4O3/c1-22(18(24)14-5-3-7-16(13-14)26-2)15-6-4-11-23(12-9-15)19(25)17-8-10-20-21-17/h3,5,7-8,10,13,15H,4,6,9,11-12H2,1-2H3,(H,20,21)/t15-/m0/s1. The highest BCUT2D eigenvalue weighted by atomic mass is 16.5. The molecule has 2 aromatic rings. The van der Waals surface area contributed by atoms with E-state index < -0.39 is 0 Å². The van der Waals surface area contributed by atoms with E-state index in [2.05, 4.69) is 10.2 Å². The van der Waals surface area contributed by atoms with Gasteiger partial charge in [0.1, 0.15) is 11.4 Å². The van der Waals surface area contributed by atoms with Crippen molar-refractivity contribution in [1.29, 1.82) is 0 Å². The highest BCUT2D eigenvalue weighted by Gasteiger charge is 2.27. The predicted octanol–water partition coefficient (Wildman–Crippen LogP) is 2.19. The van der Waals surface area contributed by atoms with Crippen molar-refractivity contribution < 1.29 is 14.3 Å². The predicted molar refractivity (Wildman–Crippen MR) is 97.2 cm³/mol. The van der Waals surface area contributed by atoms with Crippen molar-refractivity contribution in [2.75, 3.05) is 27.2 Å². The number of methoxy groups -OCH3 is 1. The number of amides is 2. The van der Waals surface area contributed by atoms with Gasteiger partial charge in [0, 0.05) is 37.9 Å². The number of hydrogen-bond acceptors (Lipinski definition) is 4. The van der Waals surface area contributed by atoms with Crippen molar-refractivity contribution in [3.05, 3.63) is 47.8 Å². The molecule has 1 aliphatic rings. The van der Waals surface area contributed by atoms with E-state index in [0.717, 1.165) is 19.3 Å². The van der Waals surface area contributed by atoms with Gasteiger partial charge < -0.3 is 14.5 Å². The van der Waals surface area contributed by atoms with E-state index in [1.807, 2.05) is 24.1 Å². The van der Waals surface area contributed by atoms with Gasteiger partial charge in [-0.1, -0.05) is 6.07 Å². The minimum atomic E-state index is -0.0371. The van der Waals surface area contributed by atoms with Crippen LogP contribution in [0.1, 0.15) is 40.1 Å². The fourth-order valence-corrected chi connectivity index (χ4v) is 3.34. The molecule has 0 bridgehead atoms. The lowest BCUT2D eigenvalue weighted by Crippen LogP contribution is -2.38. The third kappa shape index (κ3) is 3.87. The smallest absolute Gasteiger partial charge is 0.271 e. The average Bonchev–Trinajstić information content (AvgIpc) is 3.11. The van der Waals surface area contributed by atoms with Crippen molar-refractivity contribution >= 4 is 11.8 Å². The number of nitrogens with zero attached hydrogens (tertiary/aromatic N) is 3. The van der Waals surface area contributed by atoms with Crippen LogP contribution in [-0.2, 0) is 0 Å². The van der Waals surface area contributed by atoms with Crippen LogP contribution in [0, 0.1) is 0 Å². The van der Waals surface area contributed by atoms with E-state index in [-0.39, 0.29) is 17.9 Å². The Kier molecular flexibility index (Phi) is 5.55. The Morgan fingerprint density at radius 3 is 2.85 bits per heavy atom. The van der Waals surface area contributed by atoms with E-state index in [0.29, 0.717) is 30.1 Å². The first-order valence-corrected chi connectivity index (χ1v) is 8.80. The Bertz CT molecular complexity index is 760. The molecule has 7 heteroatoms. The van der Waals surface area contributed by atoms with Gasteiger partial charge in [0.25, 0.3) is 11.8 Å². The van der Waals surface area contributed by atoms with Crippen molar-refractivity contribution in [2.24, 2.45) is 0 Å². The van der Waals surface area contributed by atoms with Crippen LogP contribution >= 0.6 is 0 Å². The number of H-pyrrole nitrogens is 1. The molecule has 2 amide bonds. The van der Waals surface area contributed by atoms with Crippen molar-refractivity contribution in [3.8, 4) is 5.75 Å². The molecule has 1 N–H and O–H groups in total. The summed E-state index contributed by atoms with van der Waals surface area (Å²) in [6.07, 6.45) is 4.07. The summed E-state index contributed by atoms with van der Waals surface area (Å²) in [5, 5.41) is 6.56. The number of ether oxygens (including phenoxy) is 1. The van der Waals surface area contributed by atoms with Gasteiger partial charge in [0.15, 0.2) is 0 Å². The summed E-state index contributed by atoms with van der Waals surface area (Å²) in [5.74, 6) is 0.605. The Labute approximate surface area is 152 Å². The Balaban J connectivity index is 1.64. The van der Waals surface area contributed by atoms with Crippen LogP contribution < -0.4 is 4.74 Å². The summed E-state index contributed by atoms with van der Waals surface area (Å²) in [6.45, 7) is 1.31. The molecular weight excluding hydrogens is 332 g/mol.